The summed E-state index contributed by atoms with van der Waals surface area (Å²) in [5, 5.41) is 0. The predicted octanol–water partition coefficient (Wildman–Crippen LogP) is 7.59. The van der Waals surface area contributed by atoms with Crippen LogP contribution in [0.15, 0.2) is 48.2 Å². The Kier molecular flexibility index (Phi) is 8.61. The second kappa shape index (κ2) is 12.1. The third-order valence-corrected chi connectivity index (χ3v) is 8.64. The summed E-state index contributed by atoms with van der Waals surface area (Å²) in [6.45, 7) is 9.23. The summed E-state index contributed by atoms with van der Waals surface area (Å²) >= 11 is 0. The van der Waals surface area contributed by atoms with E-state index in [2.05, 4.69) is 24.0 Å². The zero-order valence-corrected chi connectivity index (χ0v) is 23.6. The van der Waals surface area contributed by atoms with Crippen molar-refractivity contribution >= 4 is 5.97 Å². The number of carbonyl (C=O) groups excluding carboxylic acids is 1. The van der Waals surface area contributed by atoms with Crippen molar-refractivity contribution in [2.45, 2.75) is 78.2 Å². The first-order chi connectivity index (χ1) is 18.9. The van der Waals surface area contributed by atoms with E-state index in [1.807, 2.05) is 32.2 Å². The Morgan fingerprint density at radius 1 is 1.05 bits per heavy atom. The Bertz CT molecular complexity index is 1180. The maximum atomic E-state index is 13.6. The highest BCUT2D eigenvalue weighted by atomic mass is 19.1. The Balaban J connectivity index is 1.26. The number of nitrogens with zero attached hydrogens (tertiary/aromatic N) is 1. The number of ether oxygens (including phenoxy) is 3. The first-order valence-corrected chi connectivity index (χ1v) is 14.7. The Hall–Kier alpha value is -2.86. The molecule has 0 spiro atoms. The predicted molar refractivity (Wildman–Crippen MR) is 151 cm³/mol. The number of esters is 1. The maximum Gasteiger partial charge on any atom is 0.311 e. The van der Waals surface area contributed by atoms with E-state index < -0.39 is 0 Å². The lowest BCUT2D eigenvalue weighted by Gasteiger charge is -2.36. The van der Waals surface area contributed by atoms with Crippen molar-refractivity contribution in [1.82, 2.24) is 4.90 Å². The molecule has 2 aliphatic carbocycles. The van der Waals surface area contributed by atoms with Gasteiger partial charge in [-0.3, -0.25) is 9.69 Å². The van der Waals surface area contributed by atoms with Crippen LogP contribution in [0, 0.1) is 17.2 Å². The molecule has 39 heavy (non-hydrogen) atoms. The first kappa shape index (κ1) is 27.7. The van der Waals surface area contributed by atoms with Gasteiger partial charge in [0.15, 0.2) is 0 Å². The maximum absolute atomic E-state index is 13.6. The van der Waals surface area contributed by atoms with Crippen molar-refractivity contribution in [2.75, 3.05) is 26.5 Å². The van der Waals surface area contributed by atoms with Crippen LogP contribution in [0.25, 0.3) is 11.1 Å². The summed E-state index contributed by atoms with van der Waals surface area (Å²) < 4.78 is 31.2. The van der Waals surface area contributed by atoms with Crippen molar-refractivity contribution in [2.24, 2.45) is 11.3 Å². The first-order valence-electron chi connectivity index (χ1n) is 14.7. The molecule has 6 heteroatoms. The van der Waals surface area contributed by atoms with Gasteiger partial charge in [-0.15, -0.1) is 0 Å². The van der Waals surface area contributed by atoms with Crippen LogP contribution in [0.5, 0.6) is 5.75 Å². The molecule has 0 aromatic heterocycles. The lowest BCUT2D eigenvalue weighted by Crippen LogP contribution is -2.34. The zero-order valence-electron chi connectivity index (χ0n) is 23.6. The fraction of sp³-hybridized carbons (Fsp3) is 0.545. The van der Waals surface area contributed by atoms with Crippen LogP contribution < -0.4 is 4.74 Å². The molecule has 0 unspecified atom stereocenters. The third kappa shape index (κ3) is 6.49. The largest absolute Gasteiger partial charge is 0.493 e. The van der Waals surface area contributed by atoms with Crippen LogP contribution >= 0.6 is 0 Å². The van der Waals surface area contributed by atoms with Crippen LogP contribution in [0.3, 0.4) is 0 Å². The van der Waals surface area contributed by atoms with E-state index in [0.717, 1.165) is 62.1 Å². The molecule has 0 atom stereocenters. The average molecular weight is 536 g/mol. The number of carbonyl (C=O) groups is 1. The van der Waals surface area contributed by atoms with Gasteiger partial charge < -0.3 is 14.2 Å². The molecule has 0 amide bonds. The molecule has 3 aliphatic rings. The van der Waals surface area contributed by atoms with Crippen LogP contribution in [0.1, 0.15) is 82.8 Å². The lowest BCUT2D eigenvalue weighted by atomic mass is 9.69. The van der Waals surface area contributed by atoms with Gasteiger partial charge in [-0.25, -0.2) is 4.39 Å². The van der Waals surface area contributed by atoms with E-state index in [4.69, 9.17) is 14.2 Å². The Morgan fingerprint density at radius 2 is 1.79 bits per heavy atom. The summed E-state index contributed by atoms with van der Waals surface area (Å²) in [5.74, 6) is 1.60. The minimum absolute atomic E-state index is 0.0526. The molecular formula is C33H42FNO4. The third-order valence-electron chi connectivity index (χ3n) is 8.64. The van der Waals surface area contributed by atoms with Gasteiger partial charge in [-0.2, -0.15) is 0 Å². The van der Waals surface area contributed by atoms with Crippen LogP contribution in [0.2, 0.25) is 0 Å². The van der Waals surface area contributed by atoms with Crippen molar-refractivity contribution in [3.05, 3.63) is 65.2 Å². The monoisotopic (exact) mass is 535 g/mol. The molecule has 5 nitrogen and oxygen atoms in total. The minimum Gasteiger partial charge on any atom is -0.493 e. The highest BCUT2D eigenvalue weighted by Gasteiger charge is 2.39. The number of benzene rings is 2. The van der Waals surface area contributed by atoms with E-state index >= 15 is 0 Å². The summed E-state index contributed by atoms with van der Waals surface area (Å²) in [6.07, 6.45) is 9.04. The van der Waals surface area contributed by atoms with Gasteiger partial charge in [0.05, 0.1) is 24.9 Å². The van der Waals surface area contributed by atoms with Crippen molar-refractivity contribution < 1.29 is 23.4 Å². The summed E-state index contributed by atoms with van der Waals surface area (Å²) in [5.41, 5.74) is 5.65. The average Bonchev–Trinajstić information content (AvgIpc) is 3.79. The summed E-state index contributed by atoms with van der Waals surface area (Å²) in [4.78, 5) is 14.8. The Labute approximate surface area is 232 Å². The number of rotatable bonds is 9. The number of halogens is 1. The standard InChI is InChI=1S/C33H42FNO4/c1-4-38-30-19-23(18-29(25-6-7-25)31(30)26-8-10-28(34)11-9-26)20-35-17-14-27(21-37-22-35)24-12-15-33(3,16-13-24)32(36)39-5-2/h8-11,18-19,21,24-25H,4-7,12-17,20,22H2,1-3H3. The smallest absolute Gasteiger partial charge is 0.311 e. The number of hydrogen-bond donors (Lipinski definition) is 0. The second-order valence-corrected chi connectivity index (χ2v) is 11.6. The van der Waals surface area contributed by atoms with E-state index in [9.17, 15) is 9.18 Å². The minimum atomic E-state index is -0.359. The molecule has 2 aromatic carbocycles. The molecule has 1 heterocycles. The van der Waals surface area contributed by atoms with Gasteiger partial charge in [-0.1, -0.05) is 18.2 Å². The molecule has 5 rings (SSSR count). The Morgan fingerprint density at radius 3 is 2.46 bits per heavy atom. The van der Waals surface area contributed by atoms with E-state index in [-0.39, 0.29) is 17.2 Å². The molecule has 0 radical (unpaired) electrons. The molecule has 2 saturated carbocycles. The topological polar surface area (TPSA) is 48.0 Å². The molecule has 2 fully saturated rings. The fourth-order valence-electron chi connectivity index (χ4n) is 6.18. The van der Waals surface area contributed by atoms with E-state index in [0.29, 0.717) is 31.8 Å². The molecule has 210 valence electrons. The van der Waals surface area contributed by atoms with Gasteiger partial charge in [0.25, 0.3) is 0 Å². The summed E-state index contributed by atoms with van der Waals surface area (Å²) in [6, 6.07) is 11.3. The molecule has 0 saturated heterocycles. The van der Waals surface area contributed by atoms with Crippen molar-refractivity contribution in [3.63, 3.8) is 0 Å². The molecule has 0 N–H and O–H groups in total. The lowest BCUT2D eigenvalue weighted by molar-refractivity contribution is -0.156. The van der Waals surface area contributed by atoms with Crippen LogP contribution in [-0.4, -0.2) is 37.4 Å². The quantitative estimate of drug-likeness (QED) is 0.310. The second-order valence-electron chi connectivity index (χ2n) is 11.6. The number of hydrogen-bond acceptors (Lipinski definition) is 5. The van der Waals surface area contributed by atoms with Crippen molar-refractivity contribution in [3.8, 4) is 16.9 Å². The van der Waals surface area contributed by atoms with Gasteiger partial charge in [0, 0.05) is 18.7 Å². The fourth-order valence-corrected chi connectivity index (χ4v) is 6.18. The SMILES string of the molecule is CCOC(=O)C1(C)CCC(C2=COCN(Cc3cc(OCC)c(-c4ccc(F)cc4)c(C4CC4)c3)CC2)CC1. The van der Waals surface area contributed by atoms with Crippen LogP contribution in [0.4, 0.5) is 4.39 Å². The van der Waals surface area contributed by atoms with E-state index in [1.54, 1.807) is 0 Å². The molecular weight excluding hydrogens is 493 g/mol. The molecule has 2 aromatic rings. The van der Waals surface area contributed by atoms with Gasteiger partial charge in [0.2, 0.25) is 0 Å². The molecule has 0 bridgehead atoms. The van der Waals surface area contributed by atoms with Crippen LogP contribution in [-0.2, 0) is 20.8 Å². The summed E-state index contributed by atoms with van der Waals surface area (Å²) in [7, 11) is 0. The zero-order chi connectivity index (χ0) is 27.4. The highest BCUT2D eigenvalue weighted by Crippen LogP contribution is 2.48. The van der Waals surface area contributed by atoms with E-state index in [1.165, 1.54) is 41.7 Å². The molecule has 1 aliphatic heterocycles. The normalized spacial score (nSPS) is 23.9. The van der Waals surface area contributed by atoms with Gasteiger partial charge >= 0.3 is 5.97 Å². The van der Waals surface area contributed by atoms with Gasteiger partial charge in [0.1, 0.15) is 18.3 Å². The van der Waals surface area contributed by atoms with Crippen molar-refractivity contribution in [1.29, 1.82) is 0 Å². The highest BCUT2D eigenvalue weighted by molar-refractivity contribution is 5.77. The van der Waals surface area contributed by atoms with Gasteiger partial charge in [-0.05, 0) is 118 Å².